The Balaban J connectivity index is 2.09. The van der Waals surface area contributed by atoms with Crippen molar-refractivity contribution in [1.29, 1.82) is 0 Å². The Bertz CT molecular complexity index is 1060. The predicted octanol–water partition coefficient (Wildman–Crippen LogP) is 1.98. The number of amides is 3. The fourth-order valence-corrected chi connectivity index (χ4v) is 5.63. The van der Waals surface area contributed by atoms with Crippen LogP contribution in [0.1, 0.15) is 30.6 Å². The fourth-order valence-electron chi connectivity index (χ4n) is 3.67. The molecule has 13 nitrogen and oxygen atoms in total. The second-order valence-electron chi connectivity index (χ2n) is 8.57. The van der Waals surface area contributed by atoms with Crippen LogP contribution in [0.2, 0.25) is 0 Å². The number of rotatable bonds is 15. The maximum absolute atomic E-state index is 12.9. The smallest absolute Gasteiger partial charge is 0.340 e. The van der Waals surface area contributed by atoms with Gasteiger partial charge in [0.15, 0.2) is 0 Å². The van der Waals surface area contributed by atoms with Gasteiger partial charge >= 0.3 is 13.6 Å². The van der Waals surface area contributed by atoms with Gasteiger partial charge in [0.1, 0.15) is 24.1 Å². The van der Waals surface area contributed by atoms with Crippen molar-refractivity contribution < 1.29 is 47.4 Å². The van der Waals surface area contributed by atoms with Crippen LogP contribution in [0.5, 0.6) is 5.75 Å². The van der Waals surface area contributed by atoms with Gasteiger partial charge in [-0.05, 0) is 32.0 Å². The number of benzene rings is 1. The van der Waals surface area contributed by atoms with Crippen molar-refractivity contribution in [3.05, 3.63) is 28.2 Å². The molecule has 15 heteroatoms. The van der Waals surface area contributed by atoms with Gasteiger partial charge in [-0.2, -0.15) is 0 Å². The summed E-state index contributed by atoms with van der Waals surface area (Å²) in [5, 5.41) is 12.2. The molecule has 0 radical (unpaired) electrons. The van der Waals surface area contributed by atoms with Crippen LogP contribution >= 0.6 is 23.5 Å². The summed E-state index contributed by atoms with van der Waals surface area (Å²) in [5.74, 6) is -2.58. The molecule has 218 valence electrons. The normalized spacial score (nSPS) is 14.4. The third-order valence-electron chi connectivity index (χ3n) is 5.55. The van der Waals surface area contributed by atoms with Gasteiger partial charge in [0.25, 0.3) is 0 Å². The van der Waals surface area contributed by atoms with Crippen molar-refractivity contribution in [3.8, 4) is 5.75 Å². The van der Waals surface area contributed by atoms with E-state index in [0.29, 0.717) is 30.8 Å². The summed E-state index contributed by atoms with van der Waals surface area (Å²) in [5.41, 5.74) is -0.0823. The molecule has 3 amide bonds. The van der Waals surface area contributed by atoms with E-state index in [4.69, 9.17) is 18.5 Å². The molecular weight excluding hydrogens is 601 g/mol. The van der Waals surface area contributed by atoms with Gasteiger partial charge < -0.3 is 38.7 Å². The first-order valence-electron chi connectivity index (χ1n) is 12.4. The lowest BCUT2D eigenvalue weighted by atomic mass is 10.1. The average molecular weight is 636 g/mol. The molecule has 39 heavy (non-hydrogen) atoms. The van der Waals surface area contributed by atoms with E-state index >= 15 is 0 Å². The lowest BCUT2D eigenvalue weighted by Gasteiger charge is -2.29. The standard InChI is InChI=1S/C24H35BrN3O10P/c1-4-37-39(34,38-5-2)16-23(31)27(3)14-21(29)26-18(13-22(30)28-8-10-35-11-9-28)15-36-20-12-17(25)6-7-19(20)24(32)33/h6-7,12,18H,4-5,8-11,13-16H2,1-3H3,(H,26,29)(H,32,33). The number of nitrogens with zero attached hydrogens (tertiary/aromatic N) is 2. The second kappa shape index (κ2) is 15.9. The highest BCUT2D eigenvalue weighted by atomic mass is 79.9. The highest BCUT2D eigenvalue weighted by molar-refractivity contribution is 9.10. The highest BCUT2D eigenvalue weighted by Crippen LogP contribution is 2.47. The minimum atomic E-state index is -3.65. The zero-order valence-corrected chi connectivity index (χ0v) is 24.7. The number of carboxylic acids is 1. The van der Waals surface area contributed by atoms with Crippen LogP contribution in [0, 0.1) is 0 Å². The van der Waals surface area contributed by atoms with Crippen molar-refractivity contribution in [3.63, 3.8) is 0 Å². The minimum absolute atomic E-state index is 0.0600. The molecule has 0 aliphatic carbocycles. The number of ether oxygens (including phenoxy) is 2. The monoisotopic (exact) mass is 635 g/mol. The Kier molecular flexibility index (Phi) is 13.4. The van der Waals surface area contributed by atoms with E-state index in [-0.39, 0.29) is 43.5 Å². The Morgan fingerprint density at radius 1 is 1.18 bits per heavy atom. The quantitative estimate of drug-likeness (QED) is 0.273. The van der Waals surface area contributed by atoms with Crippen molar-refractivity contribution in [2.75, 3.05) is 65.9 Å². The molecular formula is C24H35BrN3O10P. The number of halogens is 1. The lowest BCUT2D eigenvalue weighted by Crippen LogP contribution is -2.49. The topological polar surface area (TPSA) is 161 Å². The van der Waals surface area contributed by atoms with Crippen molar-refractivity contribution in [2.24, 2.45) is 0 Å². The molecule has 0 spiro atoms. The van der Waals surface area contributed by atoms with E-state index in [1.807, 2.05) is 0 Å². The Labute approximate surface area is 235 Å². The van der Waals surface area contributed by atoms with E-state index in [9.17, 15) is 28.8 Å². The summed E-state index contributed by atoms with van der Waals surface area (Å²) >= 11 is 3.28. The van der Waals surface area contributed by atoms with Gasteiger partial charge in [-0.25, -0.2) is 4.79 Å². The number of hydrogen-bond acceptors (Lipinski definition) is 9. The van der Waals surface area contributed by atoms with Gasteiger partial charge in [0.05, 0.1) is 45.4 Å². The molecule has 1 aromatic carbocycles. The fraction of sp³-hybridized carbons (Fsp3) is 0.583. The Morgan fingerprint density at radius 3 is 2.41 bits per heavy atom. The maximum Gasteiger partial charge on any atom is 0.340 e. The zero-order chi connectivity index (χ0) is 29.0. The zero-order valence-electron chi connectivity index (χ0n) is 22.2. The SMILES string of the molecule is CCOP(=O)(CC(=O)N(C)CC(=O)NC(COc1cc(Br)ccc1C(=O)O)CC(=O)N1CCOCC1)OCC. The Hall–Kier alpha value is -2.51. The average Bonchev–Trinajstić information content (AvgIpc) is 2.87. The van der Waals surface area contributed by atoms with Crippen molar-refractivity contribution in [2.45, 2.75) is 26.3 Å². The van der Waals surface area contributed by atoms with Gasteiger partial charge in [0.2, 0.25) is 17.7 Å². The van der Waals surface area contributed by atoms with Gasteiger partial charge in [-0.1, -0.05) is 15.9 Å². The summed E-state index contributed by atoms with van der Waals surface area (Å²) in [6.45, 7) is 4.46. The number of carbonyl (C=O) groups excluding carboxylic acids is 3. The first kappa shape index (κ1) is 32.7. The molecule has 1 saturated heterocycles. The van der Waals surface area contributed by atoms with Gasteiger partial charge in [-0.3, -0.25) is 18.9 Å². The largest absolute Gasteiger partial charge is 0.490 e. The third-order valence-corrected chi connectivity index (χ3v) is 8.01. The molecule has 0 saturated carbocycles. The van der Waals surface area contributed by atoms with Crippen LogP contribution in [0.15, 0.2) is 22.7 Å². The maximum atomic E-state index is 12.9. The second-order valence-corrected chi connectivity index (χ2v) is 11.5. The highest BCUT2D eigenvalue weighted by Gasteiger charge is 2.30. The number of morpholine rings is 1. The molecule has 1 atom stereocenters. The molecule has 2 N–H and O–H groups in total. The van der Waals surface area contributed by atoms with E-state index in [0.717, 1.165) is 4.90 Å². The molecule has 2 rings (SSSR count). The van der Waals surface area contributed by atoms with Crippen molar-refractivity contribution in [1.82, 2.24) is 15.1 Å². The van der Waals surface area contributed by atoms with Crippen LogP contribution < -0.4 is 10.1 Å². The van der Waals surface area contributed by atoms with Crippen molar-refractivity contribution >= 4 is 47.2 Å². The number of likely N-dealkylation sites (N-methyl/N-ethyl adjacent to an activating group) is 1. The number of carboxylic acid groups (broad SMARTS) is 1. The first-order chi connectivity index (χ1) is 18.5. The predicted molar refractivity (Wildman–Crippen MR) is 144 cm³/mol. The van der Waals surface area contributed by atoms with Crippen LogP contribution in [0.4, 0.5) is 0 Å². The molecule has 1 aliphatic rings. The summed E-state index contributed by atoms with van der Waals surface area (Å²) in [4.78, 5) is 52.6. The van der Waals surface area contributed by atoms with Crippen LogP contribution in [-0.2, 0) is 32.7 Å². The Morgan fingerprint density at radius 2 is 1.82 bits per heavy atom. The molecule has 1 aromatic rings. The molecule has 1 heterocycles. The van der Waals surface area contributed by atoms with Gasteiger partial charge in [-0.15, -0.1) is 0 Å². The minimum Gasteiger partial charge on any atom is -0.490 e. The van der Waals surface area contributed by atoms with E-state index in [2.05, 4.69) is 21.2 Å². The number of carbonyl (C=O) groups is 4. The molecule has 1 fully saturated rings. The summed E-state index contributed by atoms with van der Waals surface area (Å²) in [6, 6.07) is 3.57. The molecule has 0 aromatic heterocycles. The summed E-state index contributed by atoms with van der Waals surface area (Å²) in [7, 11) is -2.28. The molecule has 1 aliphatic heterocycles. The third kappa shape index (κ3) is 10.9. The molecule has 0 bridgehead atoms. The number of hydrogen-bond donors (Lipinski definition) is 2. The van der Waals surface area contributed by atoms with Crippen LogP contribution in [0.25, 0.3) is 0 Å². The van der Waals surface area contributed by atoms with E-state index in [1.165, 1.54) is 19.2 Å². The first-order valence-corrected chi connectivity index (χ1v) is 14.9. The number of aromatic carboxylic acids is 1. The van der Waals surface area contributed by atoms with E-state index < -0.39 is 44.1 Å². The lowest BCUT2D eigenvalue weighted by molar-refractivity contribution is -0.137. The van der Waals surface area contributed by atoms with Crippen LogP contribution in [-0.4, -0.2) is 111 Å². The summed E-state index contributed by atoms with van der Waals surface area (Å²) in [6.07, 6.45) is -0.648. The summed E-state index contributed by atoms with van der Waals surface area (Å²) < 4.78 is 34.6. The number of nitrogens with one attached hydrogen (secondary N) is 1. The van der Waals surface area contributed by atoms with E-state index in [1.54, 1.807) is 24.8 Å². The van der Waals surface area contributed by atoms with Gasteiger partial charge in [0, 0.05) is 24.6 Å². The molecule has 1 unspecified atom stereocenters. The van der Waals surface area contributed by atoms with Crippen LogP contribution in [0.3, 0.4) is 0 Å².